The van der Waals surface area contributed by atoms with Gasteiger partial charge in [0.15, 0.2) is 0 Å². The number of carbonyl (C=O) groups is 2. The fourth-order valence-electron chi connectivity index (χ4n) is 4.18. The van der Waals surface area contributed by atoms with E-state index in [0.29, 0.717) is 23.8 Å². The van der Waals surface area contributed by atoms with Crippen LogP contribution in [0.5, 0.6) is 0 Å². The molecule has 5 heteroatoms. The molecule has 1 aliphatic heterocycles. The minimum absolute atomic E-state index is 0.0372. The van der Waals surface area contributed by atoms with Gasteiger partial charge in [-0.25, -0.2) is 0 Å². The van der Waals surface area contributed by atoms with Gasteiger partial charge in [-0.05, 0) is 49.4 Å². The fraction of sp³-hybridized carbons (Fsp3) is 0.417. The van der Waals surface area contributed by atoms with Gasteiger partial charge in [0.25, 0.3) is 5.91 Å². The van der Waals surface area contributed by atoms with Crippen LogP contribution < -0.4 is 10.2 Å². The number of carbonyl (C=O) groups excluding carboxylic acids is 2. The van der Waals surface area contributed by atoms with Crippen LogP contribution in [0.15, 0.2) is 47.4 Å². The second-order valence-electron chi connectivity index (χ2n) is 8.28. The van der Waals surface area contributed by atoms with Crippen LogP contribution in [0.1, 0.15) is 54.1 Å². The molecular formula is C24H28N2O2S. The third kappa shape index (κ3) is 4.50. The topological polar surface area (TPSA) is 49.4 Å². The number of benzene rings is 2. The van der Waals surface area contributed by atoms with Gasteiger partial charge in [0.2, 0.25) is 5.91 Å². The predicted molar refractivity (Wildman–Crippen MR) is 118 cm³/mol. The molecule has 152 valence electrons. The molecule has 2 aromatic rings. The van der Waals surface area contributed by atoms with Crippen molar-refractivity contribution in [2.45, 2.75) is 57.0 Å². The van der Waals surface area contributed by atoms with E-state index in [1.54, 1.807) is 11.8 Å². The molecule has 29 heavy (non-hydrogen) atoms. The van der Waals surface area contributed by atoms with Crippen molar-refractivity contribution in [3.8, 4) is 0 Å². The van der Waals surface area contributed by atoms with Gasteiger partial charge in [0, 0.05) is 16.5 Å². The number of aryl methyl sites for hydroxylation is 1. The van der Waals surface area contributed by atoms with Gasteiger partial charge in [-0.1, -0.05) is 49.6 Å². The van der Waals surface area contributed by atoms with Gasteiger partial charge < -0.3 is 10.2 Å². The molecule has 4 rings (SSSR count). The van der Waals surface area contributed by atoms with Crippen LogP contribution in [0, 0.1) is 12.8 Å². The summed E-state index contributed by atoms with van der Waals surface area (Å²) in [6.45, 7) is 4.80. The van der Waals surface area contributed by atoms with E-state index in [0.717, 1.165) is 22.6 Å². The lowest BCUT2D eigenvalue weighted by molar-refractivity contribution is -0.116. The molecule has 0 bridgehead atoms. The summed E-state index contributed by atoms with van der Waals surface area (Å²) in [5, 5.41) is 3.22. The number of hydrogen-bond donors (Lipinski definition) is 1. The van der Waals surface area contributed by atoms with E-state index in [-0.39, 0.29) is 17.9 Å². The number of nitrogens with one attached hydrogen (secondary N) is 1. The maximum atomic E-state index is 12.9. The summed E-state index contributed by atoms with van der Waals surface area (Å²) in [6.07, 6.45) is 4.64. The van der Waals surface area contributed by atoms with E-state index in [4.69, 9.17) is 0 Å². The summed E-state index contributed by atoms with van der Waals surface area (Å²) < 4.78 is 0. The van der Waals surface area contributed by atoms with Gasteiger partial charge >= 0.3 is 0 Å². The average Bonchev–Trinajstić information content (AvgIpc) is 2.73. The van der Waals surface area contributed by atoms with Crippen LogP contribution in [0.2, 0.25) is 0 Å². The Balaban J connectivity index is 1.56. The van der Waals surface area contributed by atoms with Crippen LogP contribution >= 0.6 is 11.8 Å². The molecule has 2 aromatic carbocycles. The molecule has 1 aliphatic carbocycles. The van der Waals surface area contributed by atoms with Crippen molar-refractivity contribution < 1.29 is 9.59 Å². The van der Waals surface area contributed by atoms with E-state index in [2.05, 4.69) is 43.4 Å². The number of thioether (sulfide) groups is 1. The molecule has 1 fully saturated rings. The Labute approximate surface area is 177 Å². The van der Waals surface area contributed by atoms with Gasteiger partial charge in [0.1, 0.15) is 0 Å². The van der Waals surface area contributed by atoms with Crippen LogP contribution in [0.4, 0.5) is 5.69 Å². The summed E-state index contributed by atoms with van der Waals surface area (Å²) in [7, 11) is 0. The average molecular weight is 409 g/mol. The zero-order valence-corrected chi connectivity index (χ0v) is 17.9. The van der Waals surface area contributed by atoms with Crippen molar-refractivity contribution in [2.75, 3.05) is 10.7 Å². The third-order valence-corrected chi connectivity index (χ3v) is 7.10. The van der Waals surface area contributed by atoms with Gasteiger partial charge in [-0.15, -0.1) is 11.8 Å². The number of anilines is 1. The molecule has 4 nitrogen and oxygen atoms in total. The Morgan fingerprint density at radius 2 is 1.90 bits per heavy atom. The predicted octanol–water partition coefficient (Wildman–Crippen LogP) is 4.94. The molecule has 2 atom stereocenters. The third-order valence-electron chi connectivity index (χ3n) is 6.05. The lowest BCUT2D eigenvalue weighted by atomic mass is 9.86. The zero-order valence-electron chi connectivity index (χ0n) is 17.1. The minimum atomic E-state index is -0.0372. The van der Waals surface area contributed by atoms with Gasteiger partial charge in [-0.3, -0.25) is 9.59 Å². The van der Waals surface area contributed by atoms with Crippen LogP contribution in [-0.4, -0.2) is 23.6 Å². The molecule has 0 aromatic heterocycles. The van der Waals surface area contributed by atoms with Gasteiger partial charge in [-0.2, -0.15) is 0 Å². The highest BCUT2D eigenvalue weighted by molar-refractivity contribution is 8.00. The largest absolute Gasteiger partial charge is 0.349 e. The molecule has 1 N–H and O–H groups in total. The number of rotatable bonds is 4. The maximum absolute atomic E-state index is 12.9. The highest BCUT2D eigenvalue weighted by atomic mass is 32.2. The maximum Gasteiger partial charge on any atom is 0.251 e. The van der Waals surface area contributed by atoms with Crippen molar-refractivity contribution in [2.24, 2.45) is 5.92 Å². The first-order valence-corrected chi connectivity index (χ1v) is 11.4. The molecule has 0 saturated heterocycles. The molecule has 0 unspecified atom stereocenters. The van der Waals surface area contributed by atoms with Crippen molar-refractivity contribution >= 4 is 29.3 Å². The number of amides is 2. The minimum Gasteiger partial charge on any atom is -0.349 e. The zero-order chi connectivity index (χ0) is 20.4. The highest BCUT2D eigenvalue weighted by Crippen LogP contribution is 2.37. The van der Waals surface area contributed by atoms with E-state index in [1.165, 1.54) is 24.8 Å². The van der Waals surface area contributed by atoms with Crippen molar-refractivity contribution in [1.82, 2.24) is 5.32 Å². The molecule has 0 spiro atoms. The van der Waals surface area contributed by atoms with Crippen LogP contribution in [0.25, 0.3) is 0 Å². The Morgan fingerprint density at radius 1 is 1.14 bits per heavy atom. The summed E-state index contributed by atoms with van der Waals surface area (Å²) in [5.41, 5.74) is 3.76. The lowest BCUT2D eigenvalue weighted by Gasteiger charge is -2.31. The summed E-state index contributed by atoms with van der Waals surface area (Å²) in [6, 6.07) is 14.2. The summed E-state index contributed by atoms with van der Waals surface area (Å²) in [5.74, 6) is 0.996. The molecule has 1 heterocycles. The van der Waals surface area contributed by atoms with E-state index >= 15 is 0 Å². The quantitative estimate of drug-likeness (QED) is 0.779. The van der Waals surface area contributed by atoms with E-state index in [9.17, 15) is 9.59 Å². The first-order chi connectivity index (χ1) is 14.0. The van der Waals surface area contributed by atoms with Crippen molar-refractivity contribution in [3.05, 3.63) is 59.2 Å². The standard InChI is InChI=1S/C24H28N2O2S/c1-16-7-9-18(10-8-16)14-26-21-13-19(11-12-22(21)29-15-23(26)27)24(28)25-20-6-4-3-5-17(20)2/h7-13,17,20H,3-6,14-15H2,1-2H3,(H,25,28)/t17-,20-/m0/s1. The first-order valence-electron chi connectivity index (χ1n) is 10.4. The Morgan fingerprint density at radius 3 is 2.66 bits per heavy atom. The van der Waals surface area contributed by atoms with Crippen molar-refractivity contribution in [1.29, 1.82) is 0 Å². The molecular weight excluding hydrogens is 380 g/mol. The van der Waals surface area contributed by atoms with Crippen LogP contribution in [-0.2, 0) is 11.3 Å². The number of hydrogen-bond acceptors (Lipinski definition) is 3. The molecule has 2 amide bonds. The normalized spacial score (nSPS) is 21.6. The lowest BCUT2D eigenvalue weighted by Crippen LogP contribution is -2.41. The second-order valence-corrected chi connectivity index (χ2v) is 9.30. The number of fused-ring (bicyclic) bond motifs is 1. The summed E-state index contributed by atoms with van der Waals surface area (Å²) in [4.78, 5) is 28.5. The Bertz CT molecular complexity index is 910. The molecule has 0 radical (unpaired) electrons. The summed E-state index contributed by atoms with van der Waals surface area (Å²) >= 11 is 1.55. The number of nitrogens with zero attached hydrogens (tertiary/aromatic N) is 1. The van der Waals surface area contributed by atoms with E-state index in [1.807, 2.05) is 23.1 Å². The SMILES string of the molecule is Cc1ccc(CN2C(=O)CSc3ccc(C(=O)N[C@H]4CCCC[C@@H]4C)cc32)cc1. The Hall–Kier alpha value is -2.27. The monoisotopic (exact) mass is 408 g/mol. The van der Waals surface area contributed by atoms with E-state index < -0.39 is 0 Å². The first kappa shape index (κ1) is 20.0. The van der Waals surface area contributed by atoms with Crippen LogP contribution in [0.3, 0.4) is 0 Å². The smallest absolute Gasteiger partial charge is 0.251 e. The Kier molecular flexibility index (Phi) is 5.95. The molecule has 2 aliphatic rings. The van der Waals surface area contributed by atoms with Crippen molar-refractivity contribution in [3.63, 3.8) is 0 Å². The fourth-order valence-corrected chi connectivity index (χ4v) is 5.09. The van der Waals surface area contributed by atoms with Gasteiger partial charge in [0.05, 0.1) is 18.0 Å². The second kappa shape index (κ2) is 8.62. The molecule has 1 saturated carbocycles. The highest BCUT2D eigenvalue weighted by Gasteiger charge is 2.27.